The summed E-state index contributed by atoms with van der Waals surface area (Å²) in [5.41, 5.74) is 14.7. The molecule has 0 bridgehead atoms. The summed E-state index contributed by atoms with van der Waals surface area (Å²) in [5, 5.41) is 13.0. The molecule has 5 nitrogen and oxygen atoms in total. The van der Waals surface area contributed by atoms with E-state index in [1.807, 2.05) is 24.3 Å². The molecular formula is C16H17N3O2. The molecule has 1 amide bonds. The maximum atomic E-state index is 12.3. The van der Waals surface area contributed by atoms with Crippen LogP contribution in [0.2, 0.25) is 0 Å². The van der Waals surface area contributed by atoms with Crippen molar-refractivity contribution < 1.29 is 9.90 Å². The topological polar surface area (TPSA) is 101 Å². The van der Waals surface area contributed by atoms with Gasteiger partial charge in [-0.05, 0) is 29.3 Å². The van der Waals surface area contributed by atoms with Gasteiger partial charge in [0.15, 0.2) is 0 Å². The molecule has 1 aliphatic rings. The van der Waals surface area contributed by atoms with Crippen molar-refractivity contribution in [1.29, 1.82) is 0 Å². The average Bonchev–Trinajstić information content (AvgIpc) is 2.75. The Kier molecular flexibility index (Phi) is 3.27. The van der Waals surface area contributed by atoms with Gasteiger partial charge in [0.05, 0.1) is 17.7 Å². The Balaban J connectivity index is 1.85. The van der Waals surface area contributed by atoms with Gasteiger partial charge in [0.1, 0.15) is 0 Å². The highest BCUT2D eigenvalue weighted by Gasteiger charge is 2.32. The van der Waals surface area contributed by atoms with Crippen LogP contribution in [0.25, 0.3) is 0 Å². The summed E-state index contributed by atoms with van der Waals surface area (Å²) < 4.78 is 0. The Hall–Kier alpha value is -2.53. The van der Waals surface area contributed by atoms with Gasteiger partial charge in [-0.25, -0.2) is 0 Å². The molecule has 0 unspecified atom stereocenters. The summed E-state index contributed by atoms with van der Waals surface area (Å²) in [6.07, 6.45) is -0.0837. The number of hydrogen-bond acceptors (Lipinski definition) is 4. The van der Waals surface area contributed by atoms with E-state index in [1.165, 1.54) is 0 Å². The summed E-state index contributed by atoms with van der Waals surface area (Å²) in [4.78, 5) is 12.3. The molecule has 6 N–H and O–H groups in total. The summed E-state index contributed by atoms with van der Waals surface area (Å²) in [5.74, 6) is -0.312. The van der Waals surface area contributed by atoms with Gasteiger partial charge in [-0.2, -0.15) is 0 Å². The maximum Gasteiger partial charge on any atom is 0.253 e. The molecule has 0 saturated carbocycles. The fourth-order valence-electron chi connectivity index (χ4n) is 2.75. The number of anilines is 2. The molecule has 0 saturated heterocycles. The zero-order chi connectivity index (χ0) is 15.0. The second-order valence-electron chi connectivity index (χ2n) is 5.27. The highest BCUT2D eigenvalue weighted by molar-refractivity contribution is 6.00. The number of amides is 1. The highest BCUT2D eigenvalue weighted by Crippen LogP contribution is 2.31. The van der Waals surface area contributed by atoms with Crippen LogP contribution < -0.4 is 16.8 Å². The van der Waals surface area contributed by atoms with Gasteiger partial charge in [0.25, 0.3) is 5.91 Å². The molecule has 0 radical (unpaired) electrons. The minimum absolute atomic E-state index is 0.312. The molecule has 0 heterocycles. The minimum Gasteiger partial charge on any atom is -0.399 e. The largest absolute Gasteiger partial charge is 0.399 e. The highest BCUT2D eigenvalue weighted by atomic mass is 16.3. The Morgan fingerprint density at radius 3 is 2.71 bits per heavy atom. The lowest BCUT2D eigenvalue weighted by molar-refractivity contribution is 0.0859. The second kappa shape index (κ2) is 5.10. The predicted octanol–water partition coefficient (Wildman–Crippen LogP) is 1.24. The summed E-state index contributed by atoms with van der Waals surface area (Å²) in [6, 6.07) is 12.1. The first kappa shape index (κ1) is 13.5. The lowest BCUT2D eigenvalue weighted by Gasteiger charge is -2.18. The summed E-state index contributed by atoms with van der Waals surface area (Å²) in [7, 11) is 0. The van der Waals surface area contributed by atoms with Gasteiger partial charge in [-0.1, -0.05) is 24.3 Å². The van der Waals surface area contributed by atoms with Crippen molar-refractivity contribution in [1.82, 2.24) is 5.32 Å². The Labute approximate surface area is 122 Å². The number of aliphatic hydroxyl groups excluding tert-OH is 1. The second-order valence-corrected chi connectivity index (χ2v) is 5.27. The van der Waals surface area contributed by atoms with Gasteiger partial charge in [0.2, 0.25) is 0 Å². The van der Waals surface area contributed by atoms with E-state index in [0.29, 0.717) is 23.4 Å². The number of rotatable bonds is 2. The van der Waals surface area contributed by atoms with E-state index in [4.69, 9.17) is 11.5 Å². The van der Waals surface area contributed by atoms with Crippen LogP contribution >= 0.6 is 0 Å². The minimum atomic E-state index is -0.624. The van der Waals surface area contributed by atoms with Crippen molar-refractivity contribution in [2.75, 3.05) is 11.5 Å². The van der Waals surface area contributed by atoms with Crippen molar-refractivity contribution in [2.45, 2.75) is 18.6 Å². The number of benzene rings is 2. The first-order valence-electron chi connectivity index (χ1n) is 6.78. The van der Waals surface area contributed by atoms with Crippen LogP contribution in [0.1, 0.15) is 27.5 Å². The van der Waals surface area contributed by atoms with Crippen LogP contribution in [-0.2, 0) is 6.42 Å². The van der Waals surface area contributed by atoms with Gasteiger partial charge in [0, 0.05) is 17.8 Å². The van der Waals surface area contributed by atoms with Crippen LogP contribution in [0.4, 0.5) is 11.4 Å². The third-order valence-electron chi connectivity index (χ3n) is 3.81. The molecule has 1 aliphatic carbocycles. The van der Waals surface area contributed by atoms with E-state index in [2.05, 4.69) is 5.32 Å². The summed E-state index contributed by atoms with van der Waals surface area (Å²) in [6.45, 7) is 0. The van der Waals surface area contributed by atoms with Crippen molar-refractivity contribution in [3.8, 4) is 0 Å². The lowest BCUT2D eigenvalue weighted by atomic mass is 10.1. The fraction of sp³-hybridized carbons (Fsp3) is 0.188. The fourth-order valence-corrected chi connectivity index (χ4v) is 2.75. The molecule has 0 fully saturated rings. The van der Waals surface area contributed by atoms with Crippen LogP contribution in [-0.4, -0.2) is 17.1 Å². The number of nitrogens with one attached hydrogen (secondary N) is 1. The number of nitrogen functional groups attached to an aromatic ring is 2. The van der Waals surface area contributed by atoms with Crippen LogP contribution in [0, 0.1) is 0 Å². The number of carbonyl (C=O) groups is 1. The summed E-state index contributed by atoms with van der Waals surface area (Å²) >= 11 is 0. The quantitative estimate of drug-likeness (QED) is 0.623. The standard InChI is InChI=1S/C16H17N3O2/c17-10-5-6-12(13(18)8-10)16(21)19-15-11-4-2-1-3-9(11)7-14(15)20/h1-6,8,14-15,20H,7,17-18H2,(H,19,21)/t14-,15+/m1/s1. The van der Waals surface area contributed by atoms with Crippen LogP contribution in [0.5, 0.6) is 0 Å². The first-order valence-corrected chi connectivity index (χ1v) is 6.78. The molecular weight excluding hydrogens is 266 g/mol. The van der Waals surface area contributed by atoms with Gasteiger partial charge in [-0.15, -0.1) is 0 Å². The zero-order valence-electron chi connectivity index (χ0n) is 11.4. The normalized spacial score (nSPS) is 20.0. The third kappa shape index (κ3) is 2.43. The number of nitrogens with two attached hydrogens (primary N) is 2. The van der Waals surface area contributed by atoms with Crippen molar-refractivity contribution in [2.24, 2.45) is 0 Å². The maximum absolute atomic E-state index is 12.3. The molecule has 2 aromatic rings. The molecule has 0 spiro atoms. The molecule has 2 aromatic carbocycles. The smallest absolute Gasteiger partial charge is 0.253 e. The van der Waals surface area contributed by atoms with Gasteiger partial charge in [-0.3, -0.25) is 4.79 Å². The number of fused-ring (bicyclic) bond motifs is 1. The number of aliphatic hydroxyl groups is 1. The number of hydrogen-bond donors (Lipinski definition) is 4. The molecule has 0 aliphatic heterocycles. The van der Waals surface area contributed by atoms with Gasteiger partial charge >= 0.3 is 0 Å². The lowest BCUT2D eigenvalue weighted by Crippen LogP contribution is -2.34. The third-order valence-corrected chi connectivity index (χ3v) is 3.81. The molecule has 21 heavy (non-hydrogen) atoms. The van der Waals surface area contributed by atoms with Crippen LogP contribution in [0.15, 0.2) is 42.5 Å². The van der Waals surface area contributed by atoms with Gasteiger partial charge < -0.3 is 21.9 Å². The Morgan fingerprint density at radius 1 is 1.19 bits per heavy atom. The van der Waals surface area contributed by atoms with Crippen molar-refractivity contribution >= 4 is 17.3 Å². The molecule has 0 aromatic heterocycles. The van der Waals surface area contributed by atoms with E-state index >= 15 is 0 Å². The average molecular weight is 283 g/mol. The van der Waals surface area contributed by atoms with Crippen molar-refractivity contribution in [3.63, 3.8) is 0 Å². The van der Waals surface area contributed by atoms with E-state index in [1.54, 1.807) is 18.2 Å². The monoisotopic (exact) mass is 283 g/mol. The first-order chi connectivity index (χ1) is 10.1. The van der Waals surface area contributed by atoms with E-state index in [9.17, 15) is 9.90 Å². The molecule has 5 heteroatoms. The van der Waals surface area contributed by atoms with E-state index in [-0.39, 0.29) is 5.91 Å². The van der Waals surface area contributed by atoms with Crippen molar-refractivity contribution in [3.05, 3.63) is 59.2 Å². The SMILES string of the molecule is Nc1ccc(C(=O)N[C@H]2c3ccccc3C[C@H]2O)c(N)c1. The molecule has 2 atom stereocenters. The van der Waals surface area contributed by atoms with E-state index < -0.39 is 12.1 Å². The molecule has 3 rings (SSSR count). The Morgan fingerprint density at radius 2 is 1.95 bits per heavy atom. The van der Waals surface area contributed by atoms with Crippen LogP contribution in [0.3, 0.4) is 0 Å². The molecule has 108 valence electrons. The number of carbonyl (C=O) groups excluding carboxylic acids is 1. The zero-order valence-corrected chi connectivity index (χ0v) is 11.4. The Bertz CT molecular complexity index is 700. The van der Waals surface area contributed by atoms with E-state index in [0.717, 1.165) is 11.1 Å². The predicted molar refractivity (Wildman–Crippen MR) is 81.6 cm³/mol.